The van der Waals surface area contributed by atoms with Crippen molar-refractivity contribution in [2.45, 2.75) is 0 Å². The quantitative estimate of drug-likeness (QED) is 0.642. The Morgan fingerprint density at radius 2 is 1.81 bits per heavy atom. The largest absolute Gasteiger partial charge is 0.324 e. The van der Waals surface area contributed by atoms with Crippen molar-refractivity contribution < 1.29 is 23.9 Å². The summed E-state index contributed by atoms with van der Waals surface area (Å²) in [7, 11) is 0. The van der Waals surface area contributed by atoms with E-state index in [2.05, 4.69) is 10.3 Å². The monoisotopic (exact) mass is 374 g/mol. The molecule has 1 aliphatic heterocycles. The molecule has 0 atom stereocenters. The standard InChI is InChI=1S/C17H16FN5O4/c18-14-4-2-1-3-13(14)16(24)20-17(25)22-9-7-21(8-10-22)15-6-5-12(11-19-15)23(26)27/h1-6,11H,7-10H2,(H,20,24,25)/p+1. The van der Waals surface area contributed by atoms with Crippen LogP contribution in [0.15, 0.2) is 42.6 Å². The number of nitrogens with one attached hydrogen (secondary N) is 2. The number of nitro groups is 1. The third-order valence-corrected chi connectivity index (χ3v) is 4.24. The molecule has 1 aliphatic rings. The molecule has 9 nitrogen and oxygen atoms in total. The molecule has 0 spiro atoms. The van der Waals surface area contributed by atoms with Crippen LogP contribution in [-0.4, -0.2) is 47.9 Å². The molecule has 1 saturated heterocycles. The number of benzene rings is 1. The van der Waals surface area contributed by atoms with Gasteiger partial charge in [-0.2, -0.15) is 0 Å². The molecule has 2 heterocycles. The molecule has 27 heavy (non-hydrogen) atoms. The highest BCUT2D eigenvalue weighted by Gasteiger charge is 2.28. The summed E-state index contributed by atoms with van der Waals surface area (Å²) in [6.07, 6.45) is 1.31. The lowest BCUT2D eigenvalue weighted by molar-refractivity contribution is -0.414. The summed E-state index contributed by atoms with van der Waals surface area (Å²) in [4.78, 5) is 40.7. The highest BCUT2D eigenvalue weighted by Crippen LogP contribution is 2.14. The molecule has 1 aromatic carbocycles. The maximum Gasteiger partial charge on any atom is 0.324 e. The minimum atomic E-state index is -0.788. The van der Waals surface area contributed by atoms with E-state index in [0.717, 1.165) is 6.07 Å². The van der Waals surface area contributed by atoms with Gasteiger partial charge >= 0.3 is 11.7 Å². The van der Waals surface area contributed by atoms with Crippen molar-refractivity contribution in [3.63, 3.8) is 0 Å². The second-order valence-electron chi connectivity index (χ2n) is 5.90. The number of piperazine rings is 1. The summed E-state index contributed by atoms with van der Waals surface area (Å²) in [5, 5.41) is 12.9. The first-order chi connectivity index (χ1) is 13.0. The van der Waals surface area contributed by atoms with E-state index in [-0.39, 0.29) is 11.3 Å². The Balaban J connectivity index is 1.55. The van der Waals surface area contributed by atoms with E-state index in [0.29, 0.717) is 32.0 Å². The van der Waals surface area contributed by atoms with Crippen LogP contribution >= 0.6 is 0 Å². The molecule has 0 bridgehead atoms. The van der Waals surface area contributed by atoms with Gasteiger partial charge in [-0.1, -0.05) is 12.1 Å². The van der Waals surface area contributed by atoms with Crippen LogP contribution in [0.2, 0.25) is 0 Å². The van der Waals surface area contributed by atoms with Gasteiger partial charge in [-0.15, -0.1) is 0 Å². The SMILES string of the molecule is O=C(NC(=O)N1CCN(c2ccc([N+](=O)[O-])c[nH+]2)CC1)c1ccccc1F. The number of urea groups is 1. The van der Waals surface area contributed by atoms with Crippen molar-refractivity contribution in [2.24, 2.45) is 0 Å². The van der Waals surface area contributed by atoms with Crippen molar-refractivity contribution >= 4 is 23.4 Å². The van der Waals surface area contributed by atoms with E-state index in [4.69, 9.17) is 0 Å². The maximum absolute atomic E-state index is 13.6. The average Bonchev–Trinajstić information content (AvgIpc) is 2.68. The Labute approximate surface area is 153 Å². The van der Waals surface area contributed by atoms with Crippen molar-refractivity contribution in [2.75, 3.05) is 31.1 Å². The Morgan fingerprint density at radius 1 is 1.11 bits per heavy atom. The van der Waals surface area contributed by atoms with E-state index in [9.17, 15) is 24.1 Å². The van der Waals surface area contributed by atoms with Gasteiger partial charge in [0, 0.05) is 12.1 Å². The molecule has 3 amide bonds. The Hall–Kier alpha value is -3.56. The van der Waals surface area contributed by atoms with Crippen LogP contribution in [0.3, 0.4) is 0 Å². The molecular formula is C17H17FN5O4+. The van der Waals surface area contributed by atoms with Crippen LogP contribution < -0.4 is 15.2 Å². The lowest BCUT2D eigenvalue weighted by Gasteiger charge is -2.30. The van der Waals surface area contributed by atoms with Gasteiger partial charge in [-0.3, -0.25) is 25.1 Å². The van der Waals surface area contributed by atoms with Crippen LogP contribution in [-0.2, 0) is 0 Å². The van der Waals surface area contributed by atoms with Gasteiger partial charge in [0.25, 0.3) is 11.7 Å². The third kappa shape index (κ3) is 4.17. The summed E-state index contributed by atoms with van der Waals surface area (Å²) in [5.41, 5.74) is -0.228. The van der Waals surface area contributed by atoms with Crippen LogP contribution in [0.25, 0.3) is 0 Å². The van der Waals surface area contributed by atoms with E-state index in [1.165, 1.54) is 35.4 Å². The maximum atomic E-state index is 13.6. The Kier molecular flexibility index (Phi) is 5.25. The molecule has 140 valence electrons. The molecule has 0 aliphatic carbocycles. The number of imide groups is 1. The number of hydrogen-bond acceptors (Lipinski definition) is 5. The third-order valence-electron chi connectivity index (χ3n) is 4.24. The molecule has 3 rings (SSSR count). The van der Waals surface area contributed by atoms with E-state index >= 15 is 0 Å². The molecular weight excluding hydrogens is 357 g/mol. The number of hydrogen-bond donors (Lipinski definition) is 1. The summed E-state index contributed by atoms with van der Waals surface area (Å²) in [6, 6.07) is 7.85. The van der Waals surface area contributed by atoms with Gasteiger partial charge in [0.2, 0.25) is 0 Å². The van der Waals surface area contributed by atoms with Gasteiger partial charge < -0.3 is 4.90 Å². The zero-order valence-corrected chi connectivity index (χ0v) is 14.2. The number of amides is 3. The van der Waals surface area contributed by atoms with Gasteiger partial charge in [-0.05, 0) is 12.1 Å². The zero-order chi connectivity index (χ0) is 19.4. The number of carbonyl (C=O) groups is 2. The van der Waals surface area contributed by atoms with E-state index in [1.807, 2.05) is 4.90 Å². The minimum absolute atomic E-state index is 0.0385. The summed E-state index contributed by atoms with van der Waals surface area (Å²) >= 11 is 0. The van der Waals surface area contributed by atoms with Crippen LogP contribution in [0.5, 0.6) is 0 Å². The topological polar surface area (TPSA) is 110 Å². The van der Waals surface area contributed by atoms with Gasteiger partial charge in [0.05, 0.1) is 23.6 Å². The van der Waals surface area contributed by atoms with Gasteiger partial charge in [0.15, 0.2) is 6.20 Å². The normalized spacial score (nSPS) is 14.0. The highest BCUT2D eigenvalue weighted by atomic mass is 19.1. The van der Waals surface area contributed by atoms with Crippen molar-refractivity contribution in [3.8, 4) is 0 Å². The molecule has 0 unspecified atom stereocenters. The second-order valence-corrected chi connectivity index (χ2v) is 5.90. The van der Waals surface area contributed by atoms with Crippen LogP contribution in [0.4, 0.5) is 20.7 Å². The fraction of sp³-hybridized carbons (Fsp3) is 0.235. The van der Waals surface area contributed by atoms with Crippen molar-refractivity contribution in [3.05, 3.63) is 64.1 Å². The fourth-order valence-corrected chi connectivity index (χ4v) is 2.76. The van der Waals surface area contributed by atoms with Gasteiger partial charge in [-0.25, -0.2) is 14.2 Å². The number of pyridine rings is 1. The average molecular weight is 374 g/mol. The number of anilines is 1. The number of rotatable bonds is 3. The first-order valence-electron chi connectivity index (χ1n) is 8.21. The molecule has 1 aromatic heterocycles. The first kappa shape index (κ1) is 18.2. The molecule has 2 N–H and O–H groups in total. The number of halogens is 1. The minimum Gasteiger partial charge on any atom is -0.317 e. The smallest absolute Gasteiger partial charge is 0.317 e. The number of carbonyl (C=O) groups excluding carboxylic acids is 2. The predicted octanol–water partition coefficient (Wildman–Crippen LogP) is 1.22. The summed E-state index contributed by atoms with van der Waals surface area (Å²) < 4.78 is 13.6. The molecule has 0 radical (unpaired) electrons. The number of nitrogens with zero attached hydrogens (tertiary/aromatic N) is 3. The lowest BCUT2D eigenvalue weighted by atomic mass is 10.2. The number of aromatic nitrogens is 1. The summed E-state index contributed by atoms with van der Waals surface area (Å²) in [6.45, 7) is 1.66. The molecule has 10 heteroatoms. The second kappa shape index (κ2) is 7.77. The number of aromatic amines is 1. The van der Waals surface area contributed by atoms with Crippen LogP contribution in [0, 0.1) is 15.9 Å². The molecule has 0 saturated carbocycles. The highest BCUT2D eigenvalue weighted by molar-refractivity contribution is 6.04. The fourth-order valence-electron chi connectivity index (χ4n) is 2.76. The molecule has 1 fully saturated rings. The zero-order valence-electron chi connectivity index (χ0n) is 14.2. The van der Waals surface area contributed by atoms with Crippen LogP contribution in [0.1, 0.15) is 10.4 Å². The molecule has 2 aromatic rings. The Morgan fingerprint density at radius 3 is 2.41 bits per heavy atom. The van der Waals surface area contributed by atoms with Crippen molar-refractivity contribution in [1.29, 1.82) is 0 Å². The summed E-state index contributed by atoms with van der Waals surface area (Å²) in [5.74, 6) is -0.784. The number of H-pyrrole nitrogens is 1. The lowest BCUT2D eigenvalue weighted by Crippen LogP contribution is -2.53. The van der Waals surface area contributed by atoms with Gasteiger partial charge in [0.1, 0.15) is 18.9 Å². The van der Waals surface area contributed by atoms with E-state index < -0.39 is 22.7 Å². The van der Waals surface area contributed by atoms with Crippen molar-refractivity contribution in [1.82, 2.24) is 10.2 Å². The first-order valence-corrected chi connectivity index (χ1v) is 8.21. The Bertz CT molecular complexity index is 866. The van der Waals surface area contributed by atoms with E-state index in [1.54, 1.807) is 6.07 Å². The predicted molar refractivity (Wildman–Crippen MR) is 92.7 cm³/mol.